The predicted molar refractivity (Wildman–Crippen MR) is 78.0 cm³/mol. The Kier molecular flexibility index (Phi) is 5.55. The predicted octanol–water partition coefficient (Wildman–Crippen LogP) is 2.27. The molecule has 5 heteroatoms. The highest BCUT2D eigenvalue weighted by molar-refractivity contribution is 5.89. The number of carboxylic acids is 1. The van der Waals surface area contributed by atoms with E-state index in [4.69, 9.17) is 5.11 Å². The number of urea groups is 1. The maximum atomic E-state index is 11.6. The summed E-state index contributed by atoms with van der Waals surface area (Å²) in [6, 6.07) is 6.58. The van der Waals surface area contributed by atoms with E-state index >= 15 is 0 Å². The van der Waals surface area contributed by atoms with Gasteiger partial charge in [-0.05, 0) is 23.5 Å². The summed E-state index contributed by atoms with van der Waals surface area (Å²) in [6.07, 6.45) is 0.491. The minimum Gasteiger partial charge on any atom is -0.478 e. The Labute approximate surface area is 119 Å². The van der Waals surface area contributed by atoms with Gasteiger partial charge in [-0.3, -0.25) is 0 Å². The van der Waals surface area contributed by atoms with Crippen LogP contribution < -0.4 is 10.6 Å². The van der Waals surface area contributed by atoms with Crippen LogP contribution in [0.1, 0.15) is 36.7 Å². The van der Waals surface area contributed by atoms with Crippen molar-refractivity contribution in [3.8, 4) is 0 Å². The number of nitrogens with one attached hydrogen (secondary N) is 2. The van der Waals surface area contributed by atoms with Crippen LogP contribution in [0.15, 0.2) is 24.3 Å². The third-order valence-electron chi connectivity index (χ3n) is 2.71. The van der Waals surface area contributed by atoms with Crippen LogP contribution in [0.5, 0.6) is 0 Å². The van der Waals surface area contributed by atoms with Crippen molar-refractivity contribution in [3.63, 3.8) is 0 Å². The van der Waals surface area contributed by atoms with Crippen LogP contribution in [-0.2, 0) is 6.42 Å². The molecule has 0 bridgehead atoms. The number of benzene rings is 1. The standard InChI is InChI=1S/C15H22N2O3/c1-15(2,3)10-17-14(20)16-9-8-11-6-4-5-7-12(11)13(18)19/h4-7H,8-10H2,1-3H3,(H,18,19)(H2,16,17,20). The number of rotatable bonds is 5. The van der Waals surface area contributed by atoms with Gasteiger partial charge in [0.05, 0.1) is 5.56 Å². The molecule has 2 amide bonds. The van der Waals surface area contributed by atoms with Gasteiger partial charge in [0.25, 0.3) is 0 Å². The number of hydrogen-bond acceptors (Lipinski definition) is 2. The Balaban J connectivity index is 2.41. The van der Waals surface area contributed by atoms with Gasteiger partial charge in [0.2, 0.25) is 0 Å². The molecule has 0 aromatic heterocycles. The van der Waals surface area contributed by atoms with E-state index in [1.54, 1.807) is 24.3 Å². The lowest BCUT2D eigenvalue weighted by molar-refractivity contribution is 0.0695. The van der Waals surface area contributed by atoms with E-state index in [9.17, 15) is 9.59 Å². The van der Waals surface area contributed by atoms with Crippen molar-refractivity contribution >= 4 is 12.0 Å². The summed E-state index contributed by atoms with van der Waals surface area (Å²) < 4.78 is 0. The molecular weight excluding hydrogens is 256 g/mol. The average Bonchev–Trinajstić information content (AvgIpc) is 2.36. The largest absolute Gasteiger partial charge is 0.478 e. The summed E-state index contributed by atoms with van der Waals surface area (Å²) in [4.78, 5) is 22.6. The Morgan fingerprint density at radius 3 is 2.40 bits per heavy atom. The fraction of sp³-hybridized carbons (Fsp3) is 0.467. The van der Waals surface area contributed by atoms with Crippen LogP contribution in [0.2, 0.25) is 0 Å². The highest BCUT2D eigenvalue weighted by atomic mass is 16.4. The fourth-order valence-electron chi connectivity index (χ4n) is 1.67. The third kappa shape index (κ3) is 5.73. The second-order valence-electron chi connectivity index (χ2n) is 5.88. The Morgan fingerprint density at radius 2 is 1.80 bits per heavy atom. The lowest BCUT2D eigenvalue weighted by atomic mass is 9.97. The number of aromatic carboxylic acids is 1. The average molecular weight is 278 g/mol. The molecule has 0 aliphatic rings. The van der Waals surface area contributed by atoms with E-state index in [1.165, 1.54) is 0 Å². The normalized spacial score (nSPS) is 10.9. The van der Waals surface area contributed by atoms with Crippen molar-refractivity contribution in [3.05, 3.63) is 35.4 Å². The minimum atomic E-state index is -0.946. The van der Waals surface area contributed by atoms with Crippen LogP contribution in [0, 0.1) is 5.41 Å². The highest BCUT2D eigenvalue weighted by Crippen LogP contribution is 2.10. The molecule has 0 aliphatic heterocycles. The SMILES string of the molecule is CC(C)(C)CNC(=O)NCCc1ccccc1C(=O)O. The summed E-state index contributed by atoms with van der Waals surface area (Å²) in [5, 5.41) is 14.6. The van der Waals surface area contributed by atoms with E-state index in [-0.39, 0.29) is 17.0 Å². The molecule has 1 rings (SSSR count). The van der Waals surface area contributed by atoms with Gasteiger partial charge in [0.15, 0.2) is 0 Å². The first-order valence-electron chi connectivity index (χ1n) is 6.62. The first-order valence-corrected chi connectivity index (χ1v) is 6.62. The number of carboxylic acid groups (broad SMARTS) is 1. The van der Waals surface area contributed by atoms with Gasteiger partial charge in [-0.25, -0.2) is 9.59 Å². The molecule has 20 heavy (non-hydrogen) atoms. The Morgan fingerprint density at radius 1 is 1.15 bits per heavy atom. The first kappa shape index (κ1) is 16.0. The number of carbonyl (C=O) groups excluding carboxylic acids is 1. The highest BCUT2D eigenvalue weighted by Gasteiger charge is 2.12. The van der Waals surface area contributed by atoms with Gasteiger partial charge >= 0.3 is 12.0 Å². The van der Waals surface area contributed by atoms with E-state index in [2.05, 4.69) is 10.6 Å². The van der Waals surface area contributed by atoms with E-state index in [0.29, 0.717) is 19.5 Å². The molecular formula is C15H22N2O3. The molecule has 3 N–H and O–H groups in total. The van der Waals surface area contributed by atoms with Crippen molar-refractivity contribution in [1.82, 2.24) is 10.6 Å². The fourth-order valence-corrected chi connectivity index (χ4v) is 1.67. The van der Waals surface area contributed by atoms with Gasteiger partial charge in [-0.15, -0.1) is 0 Å². The zero-order valence-electron chi connectivity index (χ0n) is 12.2. The molecule has 110 valence electrons. The zero-order valence-corrected chi connectivity index (χ0v) is 12.2. The number of hydrogen-bond donors (Lipinski definition) is 3. The molecule has 0 heterocycles. The van der Waals surface area contributed by atoms with E-state index < -0.39 is 5.97 Å². The van der Waals surface area contributed by atoms with Crippen molar-refractivity contribution in [2.24, 2.45) is 5.41 Å². The number of amides is 2. The quantitative estimate of drug-likeness (QED) is 0.773. The molecule has 0 saturated heterocycles. The summed E-state index contributed by atoms with van der Waals surface area (Å²) in [7, 11) is 0. The molecule has 1 aromatic carbocycles. The lowest BCUT2D eigenvalue weighted by Gasteiger charge is -2.19. The second kappa shape index (κ2) is 6.93. The number of carbonyl (C=O) groups is 2. The molecule has 0 atom stereocenters. The topological polar surface area (TPSA) is 78.4 Å². The molecule has 0 spiro atoms. The van der Waals surface area contributed by atoms with Crippen LogP contribution >= 0.6 is 0 Å². The van der Waals surface area contributed by atoms with E-state index in [1.807, 2.05) is 20.8 Å². The molecule has 0 radical (unpaired) electrons. The first-order chi connectivity index (χ1) is 9.29. The molecule has 0 aliphatic carbocycles. The lowest BCUT2D eigenvalue weighted by Crippen LogP contribution is -2.40. The zero-order chi connectivity index (χ0) is 15.2. The Hall–Kier alpha value is -2.04. The smallest absolute Gasteiger partial charge is 0.335 e. The monoisotopic (exact) mass is 278 g/mol. The summed E-state index contributed by atoms with van der Waals surface area (Å²) in [5.74, 6) is -0.946. The maximum Gasteiger partial charge on any atom is 0.335 e. The summed E-state index contributed by atoms with van der Waals surface area (Å²) in [5.41, 5.74) is 1.04. The third-order valence-corrected chi connectivity index (χ3v) is 2.71. The summed E-state index contributed by atoms with van der Waals surface area (Å²) in [6.45, 7) is 7.11. The van der Waals surface area contributed by atoms with Crippen molar-refractivity contribution in [2.45, 2.75) is 27.2 Å². The minimum absolute atomic E-state index is 0.0350. The molecule has 5 nitrogen and oxygen atoms in total. The van der Waals surface area contributed by atoms with Crippen LogP contribution in [0.4, 0.5) is 4.79 Å². The summed E-state index contributed by atoms with van der Waals surface area (Å²) >= 11 is 0. The van der Waals surface area contributed by atoms with Crippen LogP contribution in [0.3, 0.4) is 0 Å². The Bertz CT molecular complexity index is 478. The second-order valence-corrected chi connectivity index (χ2v) is 5.88. The van der Waals surface area contributed by atoms with Gasteiger partial charge in [-0.2, -0.15) is 0 Å². The van der Waals surface area contributed by atoms with Crippen molar-refractivity contribution < 1.29 is 14.7 Å². The van der Waals surface area contributed by atoms with Gasteiger partial charge < -0.3 is 15.7 Å². The van der Waals surface area contributed by atoms with Gasteiger partial charge in [0, 0.05) is 13.1 Å². The molecule has 0 fully saturated rings. The van der Waals surface area contributed by atoms with Crippen molar-refractivity contribution in [2.75, 3.05) is 13.1 Å². The molecule has 1 aromatic rings. The maximum absolute atomic E-state index is 11.6. The van der Waals surface area contributed by atoms with E-state index in [0.717, 1.165) is 5.56 Å². The molecule has 0 saturated carbocycles. The molecule has 0 unspecified atom stereocenters. The van der Waals surface area contributed by atoms with Gasteiger partial charge in [0.1, 0.15) is 0 Å². The van der Waals surface area contributed by atoms with Crippen LogP contribution in [0.25, 0.3) is 0 Å². The van der Waals surface area contributed by atoms with Crippen molar-refractivity contribution in [1.29, 1.82) is 0 Å². The van der Waals surface area contributed by atoms with Gasteiger partial charge in [-0.1, -0.05) is 39.0 Å². The van der Waals surface area contributed by atoms with Crippen LogP contribution in [-0.4, -0.2) is 30.2 Å².